The molecule has 0 spiro atoms. The molecule has 0 unspecified atom stereocenters. The van der Waals surface area contributed by atoms with Crippen molar-refractivity contribution >= 4 is 17.1 Å². The molecule has 0 heterocycles. The van der Waals surface area contributed by atoms with Gasteiger partial charge in [-0.2, -0.15) is 0 Å². The number of benzene rings is 1. The Hall–Kier alpha value is -1.70. The number of allylic oxidation sites excluding steroid dienone is 1. The summed E-state index contributed by atoms with van der Waals surface area (Å²) in [5.41, 5.74) is 7.63. The first kappa shape index (κ1) is 15.4. The maximum Gasteiger partial charge on any atom is 0.0867 e. The van der Waals surface area contributed by atoms with Gasteiger partial charge in [0.2, 0.25) is 0 Å². The third kappa shape index (κ3) is 3.63. The van der Waals surface area contributed by atoms with E-state index in [1.165, 1.54) is 16.7 Å². The van der Waals surface area contributed by atoms with Gasteiger partial charge in [-0.25, -0.2) is 4.99 Å². The van der Waals surface area contributed by atoms with Crippen LogP contribution in [0.15, 0.2) is 34.3 Å². The van der Waals surface area contributed by atoms with Crippen molar-refractivity contribution in [2.75, 3.05) is 7.05 Å². The molecule has 0 fully saturated rings. The Labute approximate surface area is 117 Å². The number of aliphatic imine (C=N–C) groups is 2. The summed E-state index contributed by atoms with van der Waals surface area (Å²) in [7, 11) is 1.78. The second-order valence-corrected chi connectivity index (χ2v) is 4.97. The zero-order chi connectivity index (χ0) is 14.6. The molecule has 2 nitrogen and oxygen atoms in total. The second-order valence-electron chi connectivity index (χ2n) is 4.97. The zero-order valence-corrected chi connectivity index (χ0v) is 13.0. The molecule has 1 aromatic carbocycles. The van der Waals surface area contributed by atoms with Crippen LogP contribution in [0.25, 0.3) is 0 Å². The van der Waals surface area contributed by atoms with Crippen LogP contribution < -0.4 is 0 Å². The van der Waals surface area contributed by atoms with Gasteiger partial charge in [0.1, 0.15) is 0 Å². The lowest BCUT2D eigenvalue weighted by Gasteiger charge is -2.10. The van der Waals surface area contributed by atoms with E-state index in [2.05, 4.69) is 44.5 Å². The minimum absolute atomic E-state index is 0.884. The molecule has 0 radical (unpaired) electrons. The molecule has 1 aromatic rings. The summed E-state index contributed by atoms with van der Waals surface area (Å²) in [5.74, 6) is 0. The van der Waals surface area contributed by atoms with Crippen molar-refractivity contribution < 1.29 is 0 Å². The van der Waals surface area contributed by atoms with Crippen LogP contribution in [0.4, 0.5) is 5.69 Å². The number of nitrogens with zero attached hydrogens (tertiary/aromatic N) is 2. The van der Waals surface area contributed by atoms with Gasteiger partial charge in [-0.3, -0.25) is 4.99 Å². The number of rotatable bonds is 4. The highest BCUT2D eigenvalue weighted by Crippen LogP contribution is 2.24. The Bertz CT molecular complexity index is 549. The van der Waals surface area contributed by atoms with Crippen LogP contribution in [0.3, 0.4) is 0 Å². The lowest BCUT2D eigenvalue weighted by molar-refractivity contribution is 1.10. The fourth-order valence-electron chi connectivity index (χ4n) is 2.07. The maximum atomic E-state index is 4.75. The molecule has 0 amide bonds. The Morgan fingerprint density at radius 2 is 1.79 bits per heavy atom. The topological polar surface area (TPSA) is 24.7 Å². The highest BCUT2D eigenvalue weighted by molar-refractivity contribution is 6.47. The highest BCUT2D eigenvalue weighted by Gasteiger charge is 2.07. The molecular weight excluding hydrogens is 232 g/mol. The second kappa shape index (κ2) is 6.46. The van der Waals surface area contributed by atoms with Crippen molar-refractivity contribution in [1.29, 1.82) is 0 Å². The molecule has 2 heteroatoms. The van der Waals surface area contributed by atoms with E-state index in [0.29, 0.717) is 0 Å². The van der Waals surface area contributed by atoms with E-state index in [9.17, 15) is 0 Å². The Morgan fingerprint density at radius 3 is 2.26 bits per heavy atom. The van der Waals surface area contributed by atoms with E-state index in [-0.39, 0.29) is 0 Å². The van der Waals surface area contributed by atoms with Crippen molar-refractivity contribution in [2.45, 2.75) is 41.0 Å². The smallest absolute Gasteiger partial charge is 0.0867 e. The molecule has 19 heavy (non-hydrogen) atoms. The van der Waals surface area contributed by atoms with Gasteiger partial charge in [-0.1, -0.05) is 19.6 Å². The van der Waals surface area contributed by atoms with Crippen molar-refractivity contribution in [3.05, 3.63) is 41.0 Å². The van der Waals surface area contributed by atoms with Crippen LogP contribution >= 0.6 is 0 Å². The summed E-state index contributed by atoms with van der Waals surface area (Å²) in [6.45, 7) is 14.4. The van der Waals surface area contributed by atoms with Gasteiger partial charge in [-0.05, 0) is 62.4 Å². The van der Waals surface area contributed by atoms with Gasteiger partial charge in [0.05, 0.1) is 17.1 Å². The minimum Gasteiger partial charge on any atom is -0.291 e. The minimum atomic E-state index is 0.884. The van der Waals surface area contributed by atoms with Crippen molar-refractivity contribution in [3.63, 3.8) is 0 Å². The van der Waals surface area contributed by atoms with E-state index in [1.54, 1.807) is 7.05 Å². The molecule has 0 aromatic heterocycles. The summed E-state index contributed by atoms with van der Waals surface area (Å²) in [6.07, 6.45) is 1.06. The van der Waals surface area contributed by atoms with Crippen LogP contribution in [0.1, 0.15) is 37.5 Å². The third-order valence-electron chi connectivity index (χ3n) is 3.35. The van der Waals surface area contributed by atoms with Gasteiger partial charge < -0.3 is 0 Å². The monoisotopic (exact) mass is 256 g/mol. The highest BCUT2D eigenvalue weighted by atomic mass is 14.8. The van der Waals surface area contributed by atoms with E-state index in [0.717, 1.165) is 29.1 Å². The fourth-order valence-corrected chi connectivity index (χ4v) is 2.07. The summed E-state index contributed by atoms with van der Waals surface area (Å²) in [4.78, 5) is 8.97. The molecule has 0 aliphatic rings. The van der Waals surface area contributed by atoms with Gasteiger partial charge >= 0.3 is 0 Å². The van der Waals surface area contributed by atoms with E-state index in [1.807, 2.05) is 13.8 Å². The number of hydrogen-bond acceptors (Lipinski definition) is 2. The molecule has 0 saturated heterocycles. The molecule has 0 saturated carbocycles. The molecular formula is C17H24N2. The Kier molecular flexibility index (Phi) is 5.22. The normalized spacial score (nSPS) is 12.7. The predicted octanol–water partition coefficient (Wildman–Crippen LogP) is 4.61. The van der Waals surface area contributed by atoms with Crippen LogP contribution in [0, 0.1) is 13.8 Å². The van der Waals surface area contributed by atoms with E-state index in [4.69, 9.17) is 4.99 Å². The van der Waals surface area contributed by atoms with Crippen LogP contribution in [0.2, 0.25) is 0 Å². The molecule has 1 rings (SSSR count). The van der Waals surface area contributed by atoms with Crippen LogP contribution in [0.5, 0.6) is 0 Å². The Morgan fingerprint density at radius 1 is 1.16 bits per heavy atom. The van der Waals surface area contributed by atoms with Crippen molar-refractivity contribution in [3.8, 4) is 0 Å². The van der Waals surface area contributed by atoms with E-state index >= 15 is 0 Å². The van der Waals surface area contributed by atoms with Crippen LogP contribution in [-0.2, 0) is 6.42 Å². The van der Waals surface area contributed by atoms with Crippen molar-refractivity contribution in [2.24, 2.45) is 9.98 Å². The average Bonchev–Trinajstić information content (AvgIpc) is 2.37. The first-order valence-corrected chi connectivity index (χ1v) is 6.69. The summed E-state index contributed by atoms with van der Waals surface area (Å²) >= 11 is 0. The third-order valence-corrected chi connectivity index (χ3v) is 3.35. The molecule has 0 N–H and O–H groups in total. The van der Waals surface area contributed by atoms with Crippen LogP contribution in [-0.4, -0.2) is 18.5 Å². The van der Waals surface area contributed by atoms with Gasteiger partial charge in [-0.15, -0.1) is 0 Å². The molecule has 0 aliphatic heterocycles. The molecule has 0 bridgehead atoms. The quantitative estimate of drug-likeness (QED) is 0.703. The molecule has 102 valence electrons. The van der Waals surface area contributed by atoms with Gasteiger partial charge in [0.15, 0.2) is 0 Å². The lowest BCUT2D eigenvalue weighted by atomic mass is 10.0. The zero-order valence-electron chi connectivity index (χ0n) is 13.0. The van der Waals surface area contributed by atoms with Crippen molar-refractivity contribution in [1.82, 2.24) is 0 Å². The standard InChI is InChI=1S/C17H24N2/c1-8-15-9-13(5)16(10-12(15)4)19-17(11(2)3)14(6)18-7/h9-10H,2,8H2,1,3-7H3/b18-14-,19-17-. The maximum absolute atomic E-state index is 4.75. The number of aryl methyl sites for hydroxylation is 3. The first-order chi connectivity index (χ1) is 8.90. The SMILES string of the molecule is C=C(C)C(=N/c1cc(C)c(CC)cc1C)/C(C)=N\C. The predicted molar refractivity (Wildman–Crippen MR) is 86.2 cm³/mol. The molecule has 0 atom stereocenters. The average molecular weight is 256 g/mol. The van der Waals surface area contributed by atoms with Gasteiger partial charge in [0.25, 0.3) is 0 Å². The first-order valence-electron chi connectivity index (χ1n) is 6.69. The lowest BCUT2D eigenvalue weighted by Crippen LogP contribution is -2.11. The summed E-state index contributed by atoms with van der Waals surface area (Å²) in [5, 5.41) is 0. The van der Waals surface area contributed by atoms with E-state index < -0.39 is 0 Å². The Balaban J connectivity index is 3.37. The summed E-state index contributed by atoms with van der Waals surface area (Å²) in [6, 6.07) is 4.38. The molecule has 0 aliphatic carbocycles. The summed E-state index contributed by atoms with van der Waals surface area (Å²) < 4.78 is 0. The largest absolute Gasteiger partial charge is 0.291 e. The van der Waals surface area contributed by atoms with Gasteiger partial charge in [0, 0.05) is 7.05 Å². The number of hydrogen-bond donors (Lipinski definition) is 0. The fraction of sp³-hybridized carbons (Fsp3) is 0.412.